The van der Waals surface area contributed by atoms with Crippen molar-refractivity contribution in [2.45, 2.75) is 19.8 Å². The fraction of sp³-hybridized carbons (Fsp3) is 0.263. The Morgan fingerprint density at radius 2 is 2.12 bits per heavy atom. The van der Waals surface area contributed by atoms with Crippen molar-refractivity contribution in [2.24, 2.45) is 0 Å². The van der Waals surface area contributed by atoms with Crippen molar-refractivity contribution in [2.75, 3.05) is 18.5 Å². The molecule has 2 aromatic carbocycles. The van der Waals surface area contributed by atoms with Gasteiger partial charge < -0.3 is 15.4 Å². The number of hydrogen-bond donors (Lipinski definition) is 2. The number of benzene rings is 2. The Kier molecular flexibility index (Phi) is 4.79. The lowest BCUT2D eigenvalue weighted by Crippen LogP contribution is -2.25. The standard InChI is InChI=1S/C19H20N2O3/c1-13-3-2-4-15(11-13)19(23)20-9-7-14-5-6-17-16(12-14)21-18(22)8-10-24-17/h2-6,11-12H,7-10H2,1H3,(H,20,23)(H,21,22). The van der Waals surface area contributed by atoms with E-state index >= 15 is 0 Å². The Hall–Kier alpha value is -2.82. The van der Waals surface area contributed by atoms with Crippen molar-refractivity contribution in [3.8, 4) is 5.75 Å². The number of carbonyl (C=O) groups excluding carboxylic acids is 2. The lowest BCUT2D eigenvalue weighted by molar-refractivity contribution is -0.116. The van der Waals surface area contributed by atoms with Gasteiger partial charge in [-0.15, -0.1) is 0 Å². The van der Waals surface area contributed by atoms with Crippen LogP contribution in [0.3, 0.4) is 0 Å². The second-order valence-electron chi connectivity index (χ2n) is 5.85. The van der Waals surface area contributed by atoms with Crippen LogP contribution in [0.25, 0.3) is 0 Å². The zero-order chi connectivity index (χ0) is 16.9. The van der Waals surface area contributed by atoms with Gasteiger partial charge in [0.05, 0.1) is 18.7 Å². The fourth-order valence-electron chi connectivity index (χ4n) is 2.63. The molecular formula is C19H20N2O3. The van der Waals surface area contributed by atoms with Crippen LogP contribution in [0.2, 0.25) is 0 Å². The van der Waals surface area contributed by atoms with E-state index in [1.807, 2.05) is 43.3 Å². The predicted molar refractivity (Wildman–Crippen MR) is 92.4 cm³/mol. The molecule has 1 aliphatic heterocycles. The Morgan fingerprint density at radius 1 is 1.25 bits per heavy atom. The minimum absolute atomic E-state index is 0.0429. The first-order valence-electron chi connectivity index (χ1n) is 8.02. The summed E-state index contributed by atoms with van der Waals surface area (Å²) in [5.41, 5.74) is 3.45. The van der Waals surface area contributed by atoms with Gasteiger partial charge in [0.2, 0.25) is 5.91 Å². The quantitative estimate of drug-likeness (QED) is 0.908. The summed E-state index contributed by atoms with van der Waals surface area (Å²) in [7, 11) is 0. The number of anilines is 1. The summed E-state index contributed by atoms with van der Waals surface area (Å²) < 4.78 is 5.53. The molecule has 1 heterocycles. The highest BCUT2D eigenvalue weighted by atomic mass is 16.5. The van der Waals surface area contributed by atoms with Gasteiger partial charge in [0.25, 0.3) is 5.91 Å². The van der Waals surface area contributed by atoms with Crippen LogP contribution in [-0.4, -0.2) is 25.0 Å². The summed E-state index contributed by atoms with van der Waals surface area (Å²) in [6, 6.07) is 13.2. The molecule has 24 heavy (non-hydrogen) atoms. The van der Waals surface area contributed by atoms with Gasteiger partial charge >= 0.3 is 0 Å². The molecule has 2 aromatic rings. The van der Waals surface area contributed by atoms with Gasteiger partial charge in [-0.25, -0.2) is 0 Å². The highest BCUT2D eigenvalue weighted by Crippen LogP contribution is 2.28. The van der Waals surface area contributed by atoms with Gasteiger partial charge in [-0.3, -0.25) is 9.59 Å². The van der Waals surface area contributed by atoms with Crippen LogP contribution in [-0.2, 0) is 11.2 Å². The lowest BCUT2D eigenvalue weighted by Gasteiger charge is -2.10. The number of nitrogens with one attached hydrogen (secondary N) is 2. The van der Waals surface area contributed by atoms with Gasteiger partial charge in [-0.2, -0.15) is 0 Å². The van der Waals surface area contributed by atoms with Crippen LogP contribution < -0.4 is 15.4 Å². The van der Waals surface area contributed by atoms with Gasteiger partial charge in [0.15, 0.2) is 0 Å². The number of fused-ring (bicyclic) bond motifs is 1. The molecule has 5 heteroatoms. The first-order valence-corrected chi connectivity index (χ1v) is 8.02. The molecule has 0 fully saturated rings. The van der Waals surface area contributed by atoms with E-state index in [-0.39, 0.29) is 11.8 Å². The SMILES string of the molecule is Cc1cccc(C(=O)NCCc2ccc3c(c2)NC(=O)CCO3)c1. The Morgan fingerprint density at radius 3 is 2.96 bits per heavy atom. The summed E-state index contributed by atoms with van der Waals surface area (Å²) in [4.78, 5) is 23.7. The fourth-order valence-corrected chi connectivity index (χ4v) is 2.63. The van der Waals surface area contributed by atoms with Gasteiger partial charge in [0.1, 0.15) is 5.75 Å². The van der Waals surface area contributed by atoms with Crippen LogP contribution in [0.4, 0.5) is 5.69 Å². The van der Waals surface area contributed by atoms with E-state index in [9.17, 15) is 9.59 Å². The van der Waals surface area contributed by atoms with Crippen LogP contribution >= 0.6 is 0 Å². The molecule has 0 atom stereocenters. The molecule has 0 saturated heterocycles. The molecule has 0 bridgehead atoms. The van der Waals surface area contributed by atoms with Crippen LogP contribution in [0.5, 0.6) is 5.75 Å². The van der Waals surface area contributed by atoms with E-state index in [1.54, 1.807) is 6.07 Å². The molecule has 2 N–H and O–H groups in total. The van der Waals surface area contributed by atoms with E-state index in [4.69, 9.17) is 4.74 Å². The number of ether oxygens (including phenoxy) is 1. The smallest absolute Gasteiger partial charge is 0.251 e. The Labute approximate surface area is 141 Å². The minimum Gasteiger partial charge on any atom is -0.491 e. The minimum atomic E-state index is -0.0786. The number of aryl methyl sites for hydroxylation is 1. The molecular weight excluding hydrogens is 304 g/mol. The third kappa shape index (κ3) is 3.93. The largest absolute Gasteiger partial charge is 0.491 e. The van der Waals surface area contributed by atoms with Crippen molar-refractivity contribution >= 4 is 17.5 Å². The number of hydrogen-bond acceptors (Lipinski definition) is 3. The Balaban J connectivity index is 1.59. The third-order valence-corrected chi connectivity index (χ3v) is 3.88. The third-order valence-electron chi connectivity index (χ3n) is 3.88. The topological polar surface area (TPSA) is 67.4 Å². The maximum Gasteiger partial charge on any atom is 0.251 e. The molecule has 0 aliphatic carbocycles. The van der Waals surface area contributed by atoms with Gasteiger partial charge in [-0.05, 0) is 43.2 Å². The second kappa shape index (κ2) is 7.17. The summed E-state index contributed by atoms with van der Waals surface area (Å²) in [6.07, 6.45) is 1.04. The molecule has 3 rings (SSSR count). The van der Waals surface area contributed by atoms with E-state index < -0.39 is 0 Å². The maximum atomic E-state index is 12.1. The normalized spacial score (nSPS) is 13.3. The summed E-state index contributed by atoms with van der Waals surface area (Å²) >= 11 is 0. The van der Waals surface area contributed by atoms with E-state index in [0.29, 0.717) is 43.0 Å². The summed E-state index contributed by atoms with van der Waals surface area (Å²) in [6.45, 7) is 2.88. The maximum absolute atomic E-state index is 12.1. The van der Waals surface area contributed by atoms with Crippen molar-refractivity contribution < 1.29 is 14.3 Å². The van der Waals surface area contributed by atoms with Crippen LogP contribution in [0, 0.1) is 6.92 Å². The average molecular weight is 324 g/mol. The monoisotopic (exact) mass is 324 g/mol. The second-order valence-corrected chi connectivity index (χ2v) is 5.85. The first kappa shape index (κ1) is 16.1. The van der Waals surface area contributed by atoms with Crippen molar-refractivity contribution in [3.63, 3.8) is 0 Å². The van der Waals surface area contributed by atoms with E-state index in [0.717, 1.165) is 11.1 Å². The molecule has 0 spiro atoms. The highest BCUT2D eigenvalue weighted by molar-refractivity contribution is 5.94. The number of carbonyl (C=O) groups is 2. The van der Waals surface area contributed by atoms with Crippen LogP contribution in [0.1, 0.15) is 27.9 Å². The zero-order valence-electron chi connectivity index (χ0n) is 13.6. The molecule has 0 aromatic heterocycles. The molecule has 2 amide bonds. The zero-order valence-corrected chi connectivity index (χ0v) is 13.6. The molecule has 0 radical (unpaired) electrons. The predicted octanol–water partition coefficient (Wildman–Crippen LogP) is 2.69. The molecule has 0 saturated carbocycles. The van der Waals surface area contributed by atoms with Crippen molar-refractivity contribution in [3.05, 3.63) is 59.2 Å². The Bertz CT molecular complexity index is 771. The average Bonchev–Trinajstić information content (AvgIpc) is 2.75. The number of rotatable bonds is 4. The number of amides is 2. The summed E-state index contributed by atoms with van der Waals surface area (Å²) in [5.74, 6) is 0.567. The van der Waals surface area contributed by atoms with E-state index in [2.05, 4.69) is 10.6 Å². The van der Waals surface area contributed by atoms with Gasteiger partial charge in [0, 0.05) is 12.1 Å². The molecule has 1 aliphatic rings. The van der Waals surface area contributed by atoms with Crippen LogP contribution in [0.15, 0.2) is 42.5 Å². The van der Waals surface area contributed by atoms with Gasteiger partial charge in [-0.1, -0.05) is 23.8 Å². The van der Waals surface area contributed by atoms with E-state index in [1.165, 1.54) is 0 Å². The molecule has 124 valence electrons. The first-order chi connectivity index (χ1) is 11.6. The lowest BCUT2D eigenvalue weighted by atomic mass is 10.1. The van der Waals surface area contributed by atoms with Crippen molar-refractivity contribution in [1.29, 1.82) is 0 Å². The van der Waals surface area contributed by atoms with Crippen molar-refractivity contribution in [1.82, 2.24) is 5.32 Å². The highest BCUT2D eigenvalue weighted by Gasteiger charge is 2.14. The summed E-state index contributed by atoms with van der Waals surface area (Å²) in [5, 5.41) is 5.76. The molecule has 0 unspecified atom stereocenters. The molecule has 5 nitrogen and oxygen atoms in total.